The Kier molecular flexibility index (Phi) is 5.94. The van der Waals surface area contributed by atoms with Crippen molar-refractivity contribution in [1.82, 2.24) is 15.1 Å². The zero-order chi connectivity index (χ0) is 23.8. The number of aliphatic carboxylic acids is 1. The number of hydrogen-bond acceptors (Lipinski definition) is 7. The van der Waals surface area contributed by atoms with E-state index < -0.39 is 11.9 Å². The van der Waals surface area contributed by atoms with Crippen LogP contribution in [0.2, 0.25) is 5.02 Å². The third-order valence-corrected chi connectivity index (χ3v) is 5.53. The molecule has 2 N–H and O–H groups in total. The maximum atomic E-state index is 11.3. The van der Waals surface area contributed by atoms with Gasteiger partial charge in [0.25, 0.3) is 5.89 Å². The number of carboxylic acid groups (broad SMARTS) is 1. The van der Waals surface area contributed by atoms with Gasteiger partial charge in [-0.2, -0.15) is 4.98 Å². The third-order valence-electron chi connectivity index (χ3n) is 5.26. The van der Waals surface area contributed by atoms with Gasteiger partial charge >= 0.3 is 5.97 Å². The molecule has 168 valence electrons. The molecule has 1 aliphatic carbocycles. The molecular formula is C23H25ClN4O4. The number of nitrogens with one attached hydrogen (secondary N) is 1. The van der Waals surface area contributed by atoms with E-state index in [0.717, 1.165) is 16.8 Å². The van der Waals surface area contributed by atoms with E-state index in [9.17, 15) is 9.90 Å². The fourth-order valence-electron chi connectivity index (χ4n) is 3.70. The molecule has 0 aliphatic heterocycles. The average molecular weight is 458 g/mol. The molecule has 2 heterocycles. The predicted octanol–water partition coefficient (Wildman–Crippen LogP) is 5.21. The predicted molar refractivity (Wildman–Crippen MR) is 121 cm³/mol. The second-order valence-corrected chi connectivity index (χ2v) is 8.53. The minimum atomic E-state index is -1.41. The van der Waals surface area contributed by atoms with Crippen LogP contribution in [-0.2, 0) is 4.79 Å². The second-order valence-electron chi connectivity index (χ2n) is 8.12. The maximum absolute atomic E-state index is 11.3. The topological polar surface area (TPSA) is 110 Å². The van der Waals surface area contributed by atoms with Crippen molar-refractivity contribution < 1.29 is 20.5 Å². The average Bonchev–Trinajstić information content (AvgIpc) is 3.37. The Morgan fingerprint density at radius 1 is 1.38 bits per heavy atom. The molecule has 1 saturated carbocycles. The molecule has 0 radical (unpaired) electrons. The van der Waals surface area contributed by atoms with Crippen molar-refractivity contribution in [3.8, 4) is 28.7 Å². The molecule has 0 bridgehead atoms. The van der Waals surface area contributed by atoms with Gasteiger partial charge < -0.3 is 19.7 Å². The number of rotatable bonds is 7. The molecule has 1 aliphatic rings. The molecule has 32 heavy (non-hydrogen) atoms. The molecular weight excluding hydrogens is 432 g/mol. The lowest BCUT2D eigenvalue weighted by Gasteiger charge is -2.15. The fraction of sp³-hybridized carbons (Fsp3) is 0.391. The number of hydrogen-bond donors (Lipinski definition) is 2. The number of benzene rings is 1. The molecule has 0 saturated heterocycles. The van der Waals surface area contributed by atoms with E-state index in [-0.39, 0.29) is 18.6 Å². The van der Waals surface area contributed by atoms with Crippen molar-refractivity contribution in [1.29, 1.82) is 0 Å². The molecule has 0 amide bonds. The van der Waals surface area contributed by atoms with Crippen LogP contribution >= 0.6 is 11.6 Å². The smallest absolute Gasteiger partial charge is 0.306 e. The Bertz CT molecular complexity index is 1190. The molecule has 9 heteroatoms. The summed E-state index contributed by atoms with van der Waals surface area (Å²) in [5, 5.41) is 17.0. The molecule has 2 atom stereocenters. The highest BCUT2D eigenvalue weighted by atomic mass is 35.5. The summed E-state index contributed by atoms with van der Waals surface area (Å²) in [4.78, 5) is 20.0. The monoisotopic (exact) mass is 457 g/mol. The Balaban J connectivity index is 1.49. The minimum absolute atomic E-state index is 0.0431. The van der Waals surface area contributed by atoms with E-state index in [0.29, 0.717) is 41.0 Å². The number of ether oxygens (including phenoxy) is 1. The lowest BCUT2D eigenvalue weighted by atomic mass is 10.1. The van der Waals surface area contributed by atoms with Crippen LogP contribution in [0.1, 0.15) is 40.0 Å². The number of aromatic nitrogens is 3. The third kappa shape index (κ3) is 4.85. The first kappa shape index (κ1) is 20.8. The Labute approximate surface area is 192 Å². The summed E-state index contributed by atoms with van der Waals surface area (Å²) in [5.41, 5.74) is 3.17. The van der Waals surface area contributed by atoms with Crippen LogP contribution in [0.25, 0.3) is 22.8 Å². The van der Waals surface area contributed by atoms with Crippen molar-refractivity contribution >= 4 is 23.3 Å². The number of carboxylic acids is 1. The molecule has 2 aromatic heterocycles. The Morgan fingerprint density at radius 3 is 2.84 bits per heavy atom. The summed E-state index contributed by atoms with van der Waals surface area (Å²) in [6.45, 7) is 5.72. The number of halogens is 1. The normalized spacial score (nSPS) is 20.9. The molecule has 0 spiro atoms. The quantitative estimate of drug-likeness (QED) is 0.497. The van der Waals surface area contributed by atoms with Crippen molar-refractivity contribution in [3.63, 3.8) is 0 Å². The number of nitrogens with zero attached hydrogens (tertiary/aromatic N) is 3. The van der Waals surface area contributed by atoms with Gasteiger partial charge in [0, 0.05) is 30.4 Å². The maximum Gasteiger partial charge on any atom is 0.306 e. The first-order chi connectivity index (χ1) is 15.6. The standard InChI is InChI=1S/C23H25ClN4O4/c1-12(2)31-22-19(24)10-15(11-25-22)20-27-21(32-28-20)18-7-6-16(8-13(18)3)26-17-5-4-14(9-17)23(29)30/h6-8,10-12,14,17,26H,4-5,9H2,1-3H3,(H,29,30)/i14D. The molecule has 4 rings (SSSR count). The van der Waals surface area contributed by atoms with Crippen molar-refractivity contribution in [2.75, 3.05) is 5.32 Å². The Hall–Kier alpha value is -3.13. The first-order valence-corrected chi connectivity index (χ1v) is 10.8. The van der Waals surface area contributed by atoms with Gasteiger partial charge in [-0.15, -0.1) is 0 Å². The van der Waals surface area contributed by atoms with Crippen LogP contribution in [-0.4, -0.2) is 38.3 Å². The van der Waals surface area contributed by atoms with Gasteiger partial charge in [-0.05, 0) is 69.9 Å². The summed E-state index contributed by atoms with van der Waals surface area (Å²) in [7, 11) is 0. The van der Waals surface area contributed by atoms with E-state index in [2.05, 4.69) is 20.4 Å². The van der Waals surface area contributed by atoms with Crippen LogP contribution in [0.15, 0.2) is 35.0 Å². The summed E-state index contributed by atoms with van der Waals surface area (Å²) < 4.78 is 19.1. The van der Waals surface area contributed by atoms with Crippen molar-refractivity contribution in [2.45, 2.75) is 52.2 Å². The van der Waals surface area contributed by atoms with Crippen LogP contribution in [0.4, 0.5) is 5.69 Å². The van der Waals surface area contributed by atoms with Gasteiger partial charge in [-0.25, -0.2) is 4.98 Å². The summed E-state index contributed by atoms with van der Waals surface area (Å²) in [6, 6.07) is 7.33. The molecule has 1 fully saturated rings. The van der Waals surface area contributed by atoms with E-state index in [1.165, 1.54) is 0 Å². The summed E-state index contributed by atoms with van der Waals surface area (Å²) in [6.07, 6.45) is 2.79. The van der Waals surface area contributed by atoms with Gasteiger partial charge in [0.2, 0.25) is 11.7 Å². The number of anilines is 1. The minimum Gasteiger partial charge on any atom is -0.481 e. The van der Waals surface area contributed by atoms with E-state index in [1.54, 1.807) is 12.3 Å². The number of carbonyl (C=O) groups is 1. The molecule has 3 aromatic rings. The highest BCUT2D eigenvalue weighted by Gasteiger charge is 2.29. The van der Waals surface area contributed by atoms with Gasteiger partial charge in [0.15, 0.2) is 0 Å². The molecule has 1 aromatic carbocycles. The first-order valence-electron chi connectivity index (χ1n) is 10.9. The summed E-state index contributed by atoms with van der Waals surface area (Å²) in [5.74, 6) is -1.40. The van der Waals surface area contributed by atoms with Gasteiger partial charge in [-0.1, -0.05) is 16.8 Å². The lowest BCUT2D eigenvalue weighted by molar-refractivity contribution is -0.141. The Morgan fingerprint density at radius 2 is 2.19 bits per heavy atom. The fourth-order valence-corrected chi connectivity index (χ4v) is 3.92. The van der Waals surface area contributed by atoms with Crippen molar-refractivity contribution in [2.24, 2.45) is 5.89 Å². The van der Waals surface area contributed by atoms with E-state index >= 15 is 0 Å². The summed E-state index contributed by atoms with van der Waals surface area (Å²) >= 11 is 6.27. The highest BCUT2D eigenvalue weighted by molar-refractivity contribution is 6.32. The lowest BCUT2D eigenvalue weighted by Crippen LogP contribution is -2.17. The SMILES string of the molecule is [2H]C1(C(=O)O)CCC(Nc2ccc(-c3nc(-c4cnc(OC(C)C)c(Cl)c4)no3)c(C)c2)C1. The zero-order valence-electron chi connectivity index (χ0n) is 19.1. The molecule has 2 unspecified atom stereocenters. The zero-order valence-corrected chi connectivity index (χ0v) is 18.8. The van der Waals surface area contributed by atoms with Crippen LogP contribution in [0.5, 0.6) is 5.88 Å². The highest BCUT2D eigenvalue weighted by Crippen LogP contribution is 2.32. The second kappa shape index (κ2) is 9.16. The van der Waals surface area contributed by atoms with E-state index in [1.807, 2.05) is 39.0 Å². The van der Waals surface area contributed by atoms with Gasteiger partial charge in [0.1, 0.15) is 5.02 Å². The number of aryl methyl sites for hydroxylation is 1. The molecule has 8 nitrogen and oxygen atoms in total. The van der Waals surface area contributed by atoms with Crippen LogP contribution < -0.4 is 10.1 Å². The largest absolute Gasteiger partial charge is 0.481 e. The van der Waals surface area contributed by atoms with Gasteiger partial charge in [-0.3, -0.25) is 4.79 Å². The van der Waals surface area contributed by atoms with Crippen molar-refractivity contribution in [3.05, 3.63) is 41.0 Å². The number of pyridine rings is 1. The van der Waals surface area contributed by atoms with Gasteiger partial charge in [0.05, 0.1) is 12.0 Å². The van der Waals surface area contributed by atoms with Crippen LogP contribution in [0.3, 0.4) is 0 Å². The van der Waals surface area contributed by atoms with E-state index in [4.69, 9.17) is 22.2 Å². The van der Waals surface area contributed by atoms with Crippen LogP contribution in [0, 0.1) is 12.8 Å².